The van der Waals surface area contributed by atoms with Crippen LogP contribution in [0.2, 0.25) is 0 Å². The molecule has 0 aliphatic carbocycles. The second kappa shape index (κ2) is 8.20. The van der Waals surface area contributed by atoms with E-state index in [2.05, 4.69) is 15.2 Å². The number of carbonyl (C=O) groups excluding carboxylic acids is 1. The number of nitrogens with one attached hydrogen (secondary N) is 1. The zero-order chi connectivity index (χ0) is 17.9. The Morgan fingerprint density at radius 3 is 2.56 bits per heavy atom. The lowest BCUT2D eigenvalue weighted by Gasteiger charge is -2.26. The summed E-state index contributed by atoms with van der Waals surface area (Å²) in [5, 5.41) is 2.99. The summed E-state index contributed by atoms with van der Waals surface area (Å²) in [5.74, 6) is -0.719. The van der Waals surface area contributed by atoms with Gasteiger partial charge in [0.1, 0.15) is 0 Å². The fourth-order valence-corrected chi connectivity index (χ4v) is 3.63. The summed E-state index contributed by atoms with van der Waals surface area (Å²) in [6.07, 6.45) is 0. The lowest BCUT2D eigenvalue weighted by atomic mass is 10.1. The third-order valence-electron chi connectivity index (χ3n) is 3.69. The minimum Gasteiger partial charge on any atom is -0.379 e. The molecule has 1 N–H and O–H groups in total. The first kappa shape index (κ1) is 18.9. The molecule has 1 aromatic carbocycles. The normalized spacial score (nSPS) is 16.0. The van der Waals surface area contributed by atoms with Crippen molar-refractivity contribution in [2.75, 3.05) is 31.6 Å². The second-order valence-electron chi connectivity index (χ2n) is 5.50. The average molecular weight is 421 g/mol. The van der Waals surface area contributed by atoms with Crippen LogP contribution < -0.4 is 5.32 Å². The van der Waals surface area contributed by atoms with Gasteiger partial charge >= 0.3 is 0 Å². The summed E-state index contributed by atoms with van der Waals surface area (Å²) in [7, 11) is 0. The molecule has 0 bridgehead atoms. The van der Waals surface area contributed by atoms with E-state index in [1.807, 2.05) is 30.3 Å². The van der Waals surface area contributed by atoms with Crippen LogP contribution in [0.3, 0.4) is 0 Å². The van der Waals surface area contributed by atoms with Crippen LogP contribution >= 0.6 is 46.1 Å². The first-order valence-corrected chi connectivity index (χ1v) is 9.62. The summed E-state index contributed by atoms with van der Waals surface area (Å²) >= 11 is 18.3. The van der Waals surface area contributed by atoms with E-state index >= 15 is 0 Å². The molecule has 0 atom stereocenters. The monoisotopic (exact) mass is 419 g/mol. The van der Waals surface area contributed by atoms with Crippen LogP contribution in [0.25, 0.3) is 11.3 Å². The number of morpholine rings is 1. The van der Waals surface area contributed by atoms with E-state index in [0.717, 1.165) is 49.0 Å². The first-order valence-electron chi connectivity index (χ1n) is 7.67. The van der Waals surface area contributed by atoms with Gasteiger partial charge in [-0.1, -0.05) is 76.5 Å². The standard InChI is InChI=1S/C16H16Cl3N3O2S/c17-16(18,19)14(23)21-15-20-13(11-4-2-1-3-5-11)12(25-15)10-22-6-8-24-9-7-22/h1-5H,6-10H2,(H,20,21,23). The number of anilines is 1. The third kappa shape index (κ3) is 5.06. The van der Waals surface area contributed by atoms with Crippen molar-refractivity contribution in [3.63, 3.8) is 0 Å². The zero-order valence-electron chi connectivity index (χ0n) is 13.2. The molecule has 0 unspecified atom stereocenters. The number of thiazole rings is 1. The topological polar surface area (TPSA) is 54.5 Å². The largest absolute Gasteiger partial charge is 0.379 e. The highest BCUT2D eigenvalue weighted by Gasteiger charge is 2.31. The number of benzene rings is 1. The molecule has 2 heterocycles. The van der Waals surface area contributed by atoms with E-state index in [-0.39, 0.29) is 0 Å². The predicted molar refractivity (Wildman–Crippen MR) is 103 cm³/mol. The number of aromatic nitrogens is 1. The summed E-state index contributed by atoms with van der Waals surface area (Å²) in [5.41, 5.74) is 1.81. The van der Waals surface area contributed by atoms with Crippen molar-refractivity contribution < 1.29 is 9.53 Å². The number of rotatable bonds is 4. The van der Waals surface area contributed by atoms with Gasteiger partial charge in [0.25, 0.3) is 9.70 Å². The van der Waals surface area contributed by atoms with Crippen LogP contribution in [0.4, 0.5) is 5.13 Å². The lowest BCUT2D eigenvalue weighted by Crippen LogP contribution is -2.35. The van der Waals surface area contributed by atoms with Crippen molar-refractivity contribution in [2.45, 2.75) is 10.3 Å². The van der Waals surface area contributed by atoms with Crippen molar-refractivity contribution in [1.29, 1.82) is 0 Å². The van der Waals surface area contributed by atoms with Crippen molar-refractivity contribution in [3.8, 4) is 11.3 Å². The van der Waals surface area contributed by atoms with Crippen LogP contribution in [0.15, 0.2) is 30.3 Å². The number of hydrogen-bond acceptors (Lipinski definition) is 5. The van der Waals surface area contributed by atoms with Gasteiger partial charge in [-0.2, -0.15) is 0 Å². The Hall–Kier alpha value is -0.890. The second-order valence-corrected chi connectivity index (χ2v) is 8.86. The van der Waals surface area contributed by atoms with Crippen molar-refractivity contribution in [1.82, 2.24) is 9.88 Å². The van der Waals surface area contributed by atoms with Gasteiger partial charge in [0, 0.05) is 30.1 Å². The van der Waals surface area contributed by atoms with Gasteiger partial charge < -0.3 is 4.74 Å². The number of hydrogen-bond donors (Lipinski definition) is 1. The summed E-state index contributed by atoms with van der Waals surface area (Å²) < 4.78 is 3.37. The number of ether oxygens (including phenoxy) is 1. The smallest absolute Gasteiger partial charge is 0.278 e. The quantitative estimate of drug-likeness (QED) is 0.761. The SMILES string of the molecule is O=C(Nc1nc(-c2ccccc2)c(CN2CCOCC2)s1)C(Cl)(Cl)Cl. The minimum absolute atomic E-state index is 0.415. The van der Waals surface area contributed by atoms with Gasteiger partial charge in [0.2, 0.25) is 0 Å². The van der Waals surface area contributed by atoms with Crippen molar-refractivity contribution in [2.24, 2.45) is 0 Å². The van der Waals surface area contributed by atoms with Gasteiger partial charge in [-0.3, -0.25) is 15.0 Å². The highest BCUT2D eigenvalue weighted by molar-refractivity contribution is 7.16. The first-order chi connectivity index (χ1) is 11.9. The van der Waals surface area contributed by atoms with E-state index < -0.39 is 9.70 Å². The van der Waals surface area contributed by atoms with E-state index in [9.17, 15) is 4.79 Å². The van der Waals surface area contributed by atoms with Crippen molar-refractivity contribution >= 4 is 57.2 Å². The molecule has 1 aliphatic heterocycles. The molecule has 3 rings (SSSR count). The molecule has 1 aliphatic rings. The molecule has 0 saturated carbocycles. The molecule has 1 saturated heterocycles. The molecule has 25 heavy (non-hydrogen) atoms. The minimum atomic E-state index is -2.02. The maximum absolute atomic E-state index is 11.9. The highest BCUT2D eigenvalue weighted by Crippen LogP contribution is 2.34. The Labute approximate surface area is 164 Å². The zero-order valence-corrected chi connectivity index (χ0v) is 16.3. The number of nitrogens with zero attached hydrogens (tertiary/aromatic N) is 2. The fourth-order valence-electron chi connectivity index (χ4n) is 2.46. The highest BCUT2D eigenvalue weighted by atomic mass is 35.6. The van der Waals surface area contributed by atoms with Crippen LogP contribution in [-0.4, -0.2) is 45.9 Å². The fraction of sp³-hybridized carbons (Fsp3) is 0.375. The van der Waals surface area contributed by atoms with Gasteiger partial charge in [-0.25, -0.2) is 4.98 Å². The lowest BCUT2D eigenvalue weighted by molar-refractivity contribution is -0.115. The van der Waals surface area contributed by atoms with Gasteiger partial charge in [-0.15, -0.1) is 0 Å². The molecule has 1 amide bonds. The molecular weight excluding hydrogens is 405 g/mol. The Morgan fingerprint density at radius 1 is 1.24 bits per heavy atom. The van der Waals surface area contributed by atoms with E-state index in [0.29, 0.717) is 5.13 Å². The maximum atomic E-state index is 11.9. The number of amides is 1. The van der Waals surface area contributed by atoms with Crippen molar-refractivity contribution in [3.05, 3.63) is 35.2 Å². The average Bonchev–Trinajstić information content (AvgIpc) is 2.98. The molecular formula is C16H16Cl3N3O2S. The van der Waals surface area contributed by atoms with Crippen LogP contribution in [0.5, 0.6) is 0 Å². The Kier molecular flexibility index (Phi) is 6.20. The molecule has 9 heteroatoms. The Balaban J connectivity index is 1.87. The summed E-state index contributed by atoms with van der Waals surface area (Å²) in [6.45, 7) is 3.89. The summed E-state index contributed by atoms with van der Waals surface area (Å²) in [4.78, 5) is 19.8. The third-order valence-corrected chi connectivity index (χ3v) is 5.16. The van der Waals surface area contributed by atoms with Crippen LogP contribution in [0.1, 0.15) is 4.88 Å². The molecule has 5 nitrogen and oxygen atoms in total. The molecule has 0 radical (unpaired) electrons. The summed E-state index contributed by atoms with van der Waals surface area (Å²) in [6, 6.07) is 9.82. The van der Waals surface area contributed by atoms with E-state index in [1.165, 1.54) is 11.3 Å². The van der Waals surface area contributed by atoms with E-state index in [4.69, 9.17) is 39.5 Å². The maximum Gasteiger partial charge on any atom is 0.278 e. The van der Waals surface area contributed by atoms with Gasteiger partial charge in [0.15, 0.2) is 5.13 Å². The van der Waals surface area contributed by atoms with Crippen LogP contribution in [-0.2, 0) is 16.1 Å². The number of carbonyl (C=O) groups is 1. The number of halogens is 3. The number of alkyl halides is 3. The Bertz CT molecular complexity index is 728. The van der Waals surface area contributed by atoms with E-state index in [1.54, 1.807) is 0 Å². The Morgan fingerprint density at radius 2 is 1.92 bits per heavy atom. The molecule has 1 aromatic heterocycles. The van der Waals surface area contributed by atoms with Gasteiger partial charge in [0.05, 0.1) is 18.9 Å². The molecule has 0 spiro atoms. The van der Waals surface area contributed by atoms with Crippen LogP contribution in [0, 0.1) is 0 Å². The molecule has 134 valence electrons. The van der Waals surface area contributed by atoms with Gasteiger partial charge in [-0.05, 0) is 0 Å². The predicted octanol–water partition coefficient (Wildman–Crippen LogP) is 3.95. The molecule has 2 aromatic rings. The molecule has 1 fully saturated rings.